The van der Waals surface area contributed by atoms with Crippen LogP contribution < -0.4 is 0 Å². The fourth-order valence-corrected chi connectivity index (χ4v) is 1.75. The summed E-state index contributed by atoms with van der Waals surface area (Å²) in [5.74, 6) is 0. The molecule has 13 heavy (non-hydrogen) atoms. The van der Waals surface area contributed by atoms with E-state index in [1.165, 1.54) is 0 Å². The van der Waals surface area contributed by atoms with Crippen LogP contribution in [0.5, 0.6) is 0 Å². The van der Waals surface area contributed by atoms with Crippen LogP contribution in [0, 0.1) is 0 Å². The molecule has 0 aliphatic carbocycles. The van der Waals surface area contributed by atoms with E-state index in [0.717, 1.165) is 25.3 Å². The lowest BCUT2D eigenvalue weighted by Gasteiger charge is -2.44. The van der Waals surface area contributed by atoms with Crippen LogP contribution in [-0.2, 0) is 6.54 Å². The quantitative estimate of drug-likeness (QED) is 0.722. The minimum absolute atomic E-state index is 0.477. The van der Waals surface area contributed by atoms with E-state index in [-0.39, 0.29) is 0 Å². The zero-order chi connectivity index (χ0) is 9.31. The molecule has 1 saturated heterocycles. The van der Waals surface area contributed by atoms with Gasteiger partial charge in [0.2, 0.25) is 0 Å². The minimum atomic E-state index is -0.477. The molecule has 0 atom stereocenters. The maximum atomic E-state index is 9.50. The number of aliphatic hydroxyl groups is 1. The zero-order valence-corrected chi connectivity index (χ0v) is 7.77. The van der Waals surface area contributed by atoms with Gasteiger partial charge in [-0.2, -0.15) is 0 Å². The van der Waals surface area contributed by atoms with E-state index < -0.39 is 5.60 Å². The molecular weight excluding hydrogens is 164 g/mol. The van der Waals surface area contributed by atoms with Crippen LogP contribution in [-0.4, -0.2) is 33.7 Å². The first kappa shape index (κ1) is 8.66. The van der Waals surface area contributed by atoms with E-state index in [0.29, 0.717) is 0 Å². The van der Waals surface area contributed by atoms with Crippen molar-refractivity contribution in [1.82, 2.24) is 9.88 Å². The molecular formula is C10H14N2O. The van der Waals surface area contributed by atoms with Gasteiger partial charge in [0, 0.05) is 25.8 Å². The van der Waals surface area contributed by atoms with Crippen LogP contribution in [0.3, 0.4) is 0 Å². The second-order valence-corrected chi connectivity index (χ2v) is 3.96. The third kappa shape index (κ3) is 2.05. The van der Waals surface area contributed by atoms with Gasteiger partial charge in [-0.3, -0.25) is 9.88 Å². The Labute approximate surface area is 78.0 Å². The Balaban J connectivity index is 1.88. The van der Waals surface area contributed by atoms with Gasteiger partial charge in [0.1, 0.15) is 0 Å². The summed E-state index contributed by atoms with van der Waals surface area (Å²) in [5.41, 5.74) is 0.590. The lowest BCUT2D eigenvalue weighted by Crippen LogP contribution is -2.59. The molecule has 3 nitrogen and oxygen atoms in total. The average Bonchev–Trinajstić information content (AvgIpc) is 2.03. The summed E-state index contributed by atoms with van der Waals surface area (Å²) < 4.78 is 0. The van der Waals surface area contributed by atoms with Crippen molar-refractivity contribution in [2.45, 2.75) is 19.1 Å². The van der Waals surface area contributed by atoms with Crippen molar-refractivity contribution in [3.05, 3.63) is 30.1 Å². The summed E-state index contributed by atoms with van der Waals surface area (Å²) in [7, 11) is 0. The highest BCUT2D eigenvalue weighted by Crippen LogP contribution is 2.21. The first-order chi connectivity index (χ1) is 6.16. The molecule has 0 radical (unpaired) electrons. The van der Waals surface area contributed by atoms with E-state index in [9.17, 15) is 5.11 Å². The number of pyridine rings is 1. The number of nitrogens with zero attached hydrogens (tertiary/aromatic N) is 2. The van der Waals surface area contributed by atoms with Gasteiger partial charge in [0.25, 0.3) is 0 Å². The van der Waals surface area contributed by atoms with Crippen molar-refractivity contribution in [2.24, 2.45) is 0 Å². The smallest absolute Gasteiger partial charge is 0.0872 e. The Morgan fingerprint density at radius 3 is 2.85 bits per heavy atom. The average molecular weight is 178 g/mol. The molecule has 1 aromatic heterocycles. The van der Waals surface area contributed by atoms with Gasteiger partial charge < -0.3 is 5.11 Å². The summed E-state index contributed by atoms with van der Waals surface area (Å²) in [6.07, 6.45) is 1.80. The molecule has 0 saturated carbocycles. The van der Waals surface area contributed by atoms with Crippen molar-refractivity contribution in [2.75, 3.05) is 13.1 Å². The Morgan fingerprint density at radius 1 is 1.54 bits per heavy atom. The van der Waals surface area contributed by atoms with Gasteiger partial charge >= 0.3 is 0 Å². The molecule has 0 amide bonds. The van der Waals surface area contributed by atoms with Crippen molar-refractivity contribution < 1.29 is 5.11 Å². The molecule has 70 valence electrons. The molecule has 1 aliphatic rings. The summed E-state index contributed by atoms with van der Waals surface area (Å²) in [5, 5.41) is 9.50. The summed E-state index contributed by atoms with van der Waals surface area (Å²) in [4.78, 5) is 6.41. The Morgan fingerprint density at radius 2 is 2.31 bits per heavy atom. The van der Waals surface area contributed by atoms with E-state index >= 15 is 0 Å². The third-order valence-electron chi connectivity index (χ3n) is 2.24. The van der Waals surface area contributed by atoms with Crippen LogP contribution in [0.1, 0.15) is 12.6 Å². The Bertz CT molecular complexity index is 276. The Kier molecular flexibility index (Phi) is 2.06. The zero-order valence-electron chi connectivity index (χ0n) is 7.77. The van der Waals surface area contributed by atoms with E-state index in [2.05, 4.69) is 9.88 Å². The van der Waals surface area contributed by atoms with Crippen LogP contribution in [0.15, 0.2) is 24.4 Å². The number of aromatic nitrogens is 1. The lowest BCUT2D eigenvalue weighted by molar-refractivity contribution is -0.0875. The summed E-state index contributed by atoms with van der Waals surface area (Å²) >= 11 is 0. The molecule has 1 fully saturated rings. The predicted octanol–water partition coefficient (Wildman–Crippen LogP) is 0.648. The SMILES string of the molecule is CC1(O)CN(Cc2ccccn2)C1. The molecule has 3 heteroatoms. The minimum Gasteiger partial charge on any atom is -0.388 e. The first-order valence-electron chi connectivity index (χ1n) is 4.50. The van der Waals surface area contributed by atoms with Gasteiger partial charge in [-0.1, -0.05) is 6.07 Å². The highest BCUT2D eigenvalue weighted by molar-refractivity contribution is 5.05. The number of rotatable bonds is 2. The fourth-order valence-electron chi connectivity index (χ4n) is 1.75. The molecule has 1 aliphatic heterocycles. The third-order valence-corrected chi connectivity index (χ3v) is 2.24. The molecule has 1 aromatic rings. The van der Waals surface area contributed by atoms with Crippen LogP contribution in [0.2, 0.25) is 0 Å². The van der Waals surface area contributed by atoms with Crippen LogP contribution >= 0.6 is 0 Å². The number of β-amino-alcohol motifs (C(OH)–C–C–N with tert-alkyl or cyclic N) is 1. The largest absolute Gasteiger partial charge is 0.388 e. The van der Waals surface area contributed by atoms with Gasteiger partial charge in [-0.05, 0) is 19.1 Å². The van der Waals surface area contributed by atoms with E-state index in [4.69, 9.17) is 0 Å². The number of hydrogen-bond acceptors (Lipinski definition) is 3. The highest BCUT2D eigenvalue weighted by Gasteiger charge is 2.36. The molecule has 1 N–H and O–H groups in total. The molecule has 0 unspecified atom stereocenters. The van der Waals surface area contributed by atoms with Gasteiger partial charge in [-0.25, -0.2) is 0 Å². The van der Waals surface area contributed by atoms with Crippen molar-refractivity contribution in [1.29, 1.82) is 0 Å². The summed E-state index contributed by atoms with van der Waals surface area (Å²) in [6.45, 7) is 4.21. The van der Waals surface area contributed by atoms with Crippen LogP contribution in [0.4, 0.5) is 0 Å². The standard InChI is InChI=1S/C10H14N2O/c1-10(13)7-12(8-10)6-9-4-2-3-5-11-9/h2-5,13H,6-8H2,1H3. The normalized spacial score (nSPS) is 21.1. The monoisotopic (exact) mass is 178 g/mol. The molecule has 2 heterocycles. The van der Waals surface area contributed by atoms with Crippen molar-refractivity contribution in [3.63, 3.8) is 0 Å². The molecule has 0 aromatic carbocycles. The van der Waals surface area contributed by atoms with E-state index in [1.807, 2.05) is 25.1 Å². The topological polar surface area (TPSA) is 36.4 Å². The molecule has 2 rings (SSSR count). The van der Waals surface area contributed by atoms with Crippen molar-refractivity contribution >= 4 is 0 Å². The Hall–Kier alpha value is -0.930. The summed E-state index contributed by atoms with van der Waals surface area (Å²) in [6, 6.07) is 5.91. The van der Waals surface area contributed by atoms with Gasteiger partial charge in [-0.15, -0.1) is 0 Å². The van der Waals surface area contributed by atoms with Gasteiger partial charge in [0.05, 0.1) is 11.3 Å². The second-order valence-electron chi connectivity index (χ2n) is 3.96. The molecule has 0 spiro atoms. The lowest BCUT2D eigenvalue weighted by atomic mass is 9.97. The molecule has 0 bridgehead atoms. The van der Waals surface area contributed by atoms with Crippen LogP contribution in [0.25, 0.3) is 0 Å². The maximum absolute atomic E-state index is 9.50. The van der Waals surface area contributed by atoms with Crippen molar-refractivity contribution in [3.8, 4) is 0 Å². The number of hydrogen-bond donors (Lipinski definition) is 1. The van der Waals surface area contributed by atoms with Gasteiger partial charge in [0.15, 0.2) is 0 Å². The number of likely N-dealkylation sites (tertiary alicyclic amines) is 1. The van der Waals surface area contributed by atoms with E-state index in [1.54, 1.807) is 6.20 Å². The second kappa shape index (κ2) is 3.09. The maximum Gasteiger partial charge on any atom is 0.0872 e. The fraction of sp³-hybridized carbons (Fsp3) is 0.500. The first-order valence-corrected chi connectivity index (χ1v) is 4.50. The highest BCUT2D eigenvalue weighted by atomic mass is 16.3. The predicted molar refractivity (Wildman–Crippen MR) is 50.1 cm³/mol.